The summed E-state index contributed by atoms with van der Waals surface area (Å²) in [4.78, 5) is 25.4. The van der Waals surface area contributed by atoms with E-state index in [1.165, 1.54) is 11.8 Å². The van der Waals surface area contributed by atoms with Gasteiger partial charge in [-0.1, -0.05) is 74.3 Å². The molecule has 1 aromatic carbocycles. The van der Waals surface area contributed by atoms with Crippen LogP contribution in [0.4, 0.5) is 0 Å². The minimum Gasteiger partial charge on any atom is -0.496 e. The number of carbonyl (C=O) groups excluding carboxylic acids is 1. The minimum atomic E-state index is -0.719. The van der Waals surface area contributed by atoms with Gasteiger partial charge in [-0.3, -0.25) is 14.5 Å². The Morgan fingerprint density at radius 3 is 2.46 bits per heavy atom. The lowest BCUT2D eigenvalue weighted by Gasteiger charge is -2.14. The summed E-state index contributed by atoms with van der Waals surface area (Å²) in [7, 11) is 1.62. The summed E-state index contributed by atoms with van der Waals surface area (Å²) in [6.07, 6.45) is 9.05. The number of carboxylic acids is 1. The van der Waals surface area contributed by atoms with Gasteiger partial charge in [0.2, 0.25) is 0 Å². The van der Waals surface area contributed by atoms with Gasteiger partial charge in [0.25, 0.3) is 5.91 Å². The number of carbonyl (C=O) groups is 2. The van der Waals surface area contributed by atoms with Crippen molar-refractivity contribution in [3.63, 3.8) is 0 Å². The van der Waals surface area contributed by atoms with E-state index in [0.717, 1.165) is 56.3 Å². The van der Waals surface area contributed by atoms with Gasteiger partial charge in [0.15, 0.2) is 0 Å². The third-order valence-corrected chi connectivity index (χ3v) is 5.95. The number of ether oxygens (including phenoxy) is 1. The lowest BCUT2D eigenvalue weighted by molar-refractivity contribution is -0.137. The number of aliphatic carboxylic acids is 1. The van der Waals surface area contributed by atoms with Gasteiger partial charge >= 0.3 is 5.97 Å². The Balaban J connectivity index is 1.73. The van der Waals surface area contributed by atoms with Gasteiger partial charge < -0.3 is 9.84 Å². The fourth-order valence-electron chi connectivity index (χ4n) is 3.05. The summed E-state index contributed by atoms with van der Waals surface area (Å²) < 4.78 is 5.95. The molecule has 0 saturated carbocycles. The molecule has 1 heterocycles. The number of unbranched alkanes of at least 4 members (excludes halogenated alkanes) is 6. The van der Waals surface area contributed by atoms with Crippen LogP contribution in [0.15, 0.2) is 29.2 Å². The summed E-state index contributed by atoms with van der Waals surface area (Å²) in [5.74, 6) is -0.0195. The van der Waals surface area contributed by atoms with E-state index in [9.17, 15) is 9.59 Å². The van der Waals surface area contributed by atoms with Crippen molar-refractivity contribution < 1.29 is 19.4 Å². The molecule has 1 aromatic rings. The maximum Gasteiger partial charge on any atom is 0.303 e. The van der Waals surface area contributed by atoms with E-state index < -0.39 is 5.97 Å². The van der Waals surface area contributed by atoms with Gasteiger partial charge in [0, 0.05) is 18.5 Å². The maximum atomic E-state index is 12.7. The second-order valence-electron chi connectivity index (χ2n) is 6.69. The normalized spacial score (nSPS) is 15.5. The van der Waals surface area contributed by atoms with Gasteiger partial charge in [0.05, 0.1) is 12.0 Å². The first kappa shape index (κ1) is 22.4. The quantitative estimate of drug-likeness (QED) is 0.288. The molecule has 5 nitrogen and oxygen atoms in total. The molecule has 0 aromatic heterocycles. The standard InChI is InChI=1S/C21H27NO4S2/c1-26-17-12-9-8-11-16(17)15-18-20(25)22(21(27)28-18)14-10-6-4-2-3-5-7-13-19(23)24/h8-9,11-12,15H,2-7,10,13-14H2,1H3,(H,23,24)/b18-15-. The largest absolute Gasteiger partial charge is 0.496 e. The van der Waals surface area contributed by atoms with Crippen LogP contribution in [0.5, 0.6) is 5.75 Å². The van der Waals surface area contributed by atoms with Crippen molar-refractivity contribution in [2.24, 2.45) is 0 Å². The number of nitrogens with zero attached hydrogens (tertiary/aromatic N) is 1. The van der Waals surface area contributed by atoms with Crippen LogP contribution in [0.25, 0.3) is 6.08 Å². The molecule has 0 radical (unpaired) electrons. The number of thiocarbonyl (C=S) groups is 1. The second-order valence-corrected chi connectivity index (χ2v) is 8.37. The van der Waals surface area contributed by atoms with Crippen molar-refractivity contribution in [1.29, 1.82) is 0 Å². The summed E-state index contributed by atoms with van der Waals surface area (Å²) in [6, 6.07) is 7.60. The molecule has 1 aliphatic heterocycles. The molecular weight excluding hydrogens is 394 g/mol. The van der Waals surface area contributed by atoms with E-state index in [0.29, 0.717) is 15.8 Å². The SMILES string of the molecule is COc1ccccc1/C=C1\SC(=S)N(CCCCCCCCCC(=O)O)C1=O. The molecule has 152 valence electrons. The highest BCUT2D eigenvalue weighted by molar-refractivity contribution is 8.26. The second kappa shape index (κ2) is 11.9. The first-order chi connectivity index (χ1) is 13.5. The molecule has 1 saturated heterocycles. The van der Waals surface area contributed by atoms with E-state index in [1.54, 1.807) is 12.0 Å². The first-order valence-corrected chi connectivity index (χ1v) is 10.9. The van der Waals surface area contributed by atoms with Crippen molar-refractivity contribution in [2.75, 3.05) is 13.7 Å². The molecule has 28 heavy (non-hydrogen) atoms. The monoisotopic (exact) mass is 421 g/mol. The number of benzene rings is 1. The number of hydrogen-bond acceptors (Lipinski definition) is 5. The average molecular weight is 422 g/mol. The van der Waals surface area contributed by atoms with Crippen LogP contribution < -0.4 is 4.74 Å². The number of rotatable bonds is 12. The maximum absolute atomic E-state index is 12.7. The van der Waals surface area contributed by atoms with E-state index in [-0.39, 0.29) is 12.3 Å². The molecule has 0 aliphatic carbocycles. The van der Waals surface area contributed by atoms with Crippen LogP contribution in [-0.4, -0.2) is 39.9 Å². The van der Waals surface area contributed by atoms with Crippen LogP contribution in [-0.2, 0) is 9.59 Å². The molecule has 1 amide bonds. The van der Waals surface area contributed by atoms with Gasteiger partial charge in [-0.2, -0.15) is 0 Å². The zero-order valence-electron chi connectivity index (χ0n) is 16.2. The summed E-state index contributed by atoms with van der Waals surface area (Å²) >= 11 is 6.73. The molecule has 0 bridgehead atoms. The Morgan fingerprint density at radius 2 is 1.79 bits per heavy atom. The van der Waals surface area contributed by atoms with Crippen molar-refractivity contribution in [3.05, 3.63) is 34.7 Å². The molecule has 0 spiro atoms. The van der Waals surface area contributed by atoms with Gasteiger partial charge in [0.1, 0.15) is 10.1 Å². The summed E-state index contributed by atoms with van der Waals surface area (Å²) in [5.41, 5.74) is 0.869. The summed E-state index contributed by atoms with van der Waals surface area (Å²) in [5, 5.41) is 8.61. The van der Waals surface area contributed by atoms with E-state index in [2.05, 4.69) is 0 Å². The molecule has 1 fully saturated rings. The van der Waals surface area contributed by atoms with E-state index in [1.807, 2.05) is 30.3 Å². The number of methoxy groups -OCH3 is 1. The average Bonchev–Trinajstić information content (AvgIpc) is 2.94. The van der Waals surface area contributed by atoms with Crippen LogP contribution in [0, 0.1) is 0 Å². The highest BCUT2D eigenvalue weighted by Gasteiger charge is 2.31. The number of para-hydroxylation sites is 1. The lowest BCUT2D eigenvalue weighted by Crippen LogP contribution is -2.29. The highest BCUT2D eigenvalue weighted by atomic mass is 32.2. The van der Waals surface area contributed by atoms with Crippen molar-refractivity contribution in [2.45, 2.75) is 51.4 Å². The number of thioether (sulfide) groups is 1. The molecule has 0 atom stereocenters. The van der Waals surface area contributed by atoms with Gasteiger partial charge in [-0.15, -0.1) is 0 Å². The summed E-state index contributed by atoms with van der Waals surface area (Å²) in [6.45, 7) is 0.646. The molecule has 0 unspecified atom stereocenters. The smallest absolute Gasteiger partial charge is 0.303 e. The Morgan fingerprint density at radius 1 is 1.14 bits per heavy atom. The first-order valence-electron chi connectivity index (χ1n) is 9.63. The zero-order chi connectivity index (χ0) is 20.4. The lowest BCUT2D eigenvalue weighted by atomic mass is 10.1. The fraction of sp³-hybridized carbons (Fsp3) is 0.476. The molecule has 1 N–H and O–H groups in total. The Hall–Kier alpha value is -1.86. The number of carboxylic acid groups (broad SMARTS) is 1. The minimum absolute atomic E-state index is 0.0328. The van der Waals surface area contributed by atoms with Crippen LogP contribution in [0.3, 0.4) is 0 Å². The Labute approximate surface area is 176 Å². The number of amides is 1. The topological polar surface area (TPSA) is 66.8 Å². The van der Waals surface area contributed by atoms with Gasteiger partial charge in [-0.25, -0.2) is 0 Å². The Kier molecular flexibility index (Phi) is 9.50. The third-order valence-electron chi connectivity index (χ3n) is 4.57. The van der Waals surface area contributed by atoms with Crippen LogP contribution in [0.1, 0.15) is 56.9 Å². The molecular formula is C21H27NO4S2. The predicted octanol–water partition coefficient (Wildman–Crippen LogP) is 5.10. The van der Waals surface area contributed by atoms with Crippen LogP contribution in [0.2, 0.25) is 0 Å². The van der Waals surface area contributed by atoms with Crippen LogP contribution >= 0.6 is 24.0 Å². The Bertz CT molecular complexity index is 733. The molecule has 1 aliphatic rings. The van der Waals surface area contributed by atoms with Crippen molar-refractivity contribution in [3.8, 4) is 5.75 Å². The highest BCUT2D eigenvalue weighted by Crippen LogP contribution is 2.34. The van der Waals surface area contributed by atoms with Crippen molar-refractivity contribution >= 4 is 46.3 Å². The molecule has 7 heteroatoms. The van der Waals surface area contributed by atoms with E-state index in [4.69, 9.17) is 22.1 Å². The fourth-order valence-corrected chi connectivity index (χ4v) is 4.35. The molecule has 2 rings (SSSR count). The van der Waals surface area contributed by atoms with Gasteiger partial charge in [-0.05, 0) is 25.0 Å². The number of hydrogen-bond donors (Lipinski definition) is 1. The zero-order valence-corrected chi connectivity index (χ0v) is 17.8. The van der Waals surface area contributed by atoms with E-state index >= 15 is 0 Å². The predicted molar refractivity (Wildman–Crippen MR) is 117 cm³/mol. The third kappa shape index (κ3) is 6.95. The van der Waals surface area contributed by atoms with Crippen molar-refractivity contribution in [1.82, 2.24) is 4.90 Å².